The van der Waals surface area contributed by atoms with Crippen molar-refractivity contribution in [3.8, 4) is 0 Å². The number of sulfone groups is 1. The van der Waals surface area contributed by atoms with Crippen LogP contribution in [0.5, 0.6) is 0 Å². The van der Waals surface area contributed by atoms with Crippen LogP contribution in [0.2, 0.25) is 0 Å². The standard InChI is InChI=1S/C9H8ClNO5S/c1-17(15,16)9(10)8(12)6-3-2-4-7(5-6)11(13)14/h2-5,9H,1H3/t9-/m1/s1. The van der Waals surface area contributed by atoms with Crippen molar-refractivity contribution < 1.29 is 18.1 Å². The molecule has 0 heterocycles. The van der Waals surface area contributed by atoms with Crippen LogP contribution in [0.3, 0.4) is 0 Å². The number of nitrogens with zero attached hydrogens (tertiary/aromatic N) is 1. The molecule has 1 aromatic rings. The van der Waals surface area contributed by atoms with E-state index in [-0.39, 0.29) is 11.3 Å². The molecule has 1 atom stereocenters. The van der Waals surface area contributed by atoms with Crippen LogP contribution in [0.1, 0.15) is 10.4 Å². The lowest BCUT2D eigenvalue weighted by molar-refractivity contribution is -0.384. The van der Waals surface area contributed by atoms with Gasteiger partial charge < -0.3 is 0 Å². The van der Waals surface area contributed by atoms with Gasteiger partial charge in [0.1, 0.15) is 0 Å². The van der Waals surface area contributed by atoms with Crippen LogP contribution in [0.25, 0.3) is 0 Å². The molecule has 0 bridgehead atoms. The van der Waals surface area contributed by atoms with Crippen molar-refractivity contribution in [1.82, 2.24) is 0 Å². The molecule has 92 valence electrons. The average molecular weight is 278 g/mol. The van der Waals surface area contributed by atoms with E-state index in [9.17, 15) is 23.3 Å². The largest absolute Gasteiger partial charge is 0.291 e. The molecule has 17 heavy (non-hydrogen) atoms. The molecule has 0 radical (unpaired) electrons. The number of nitro groups is 1. The van der Waals surface area contributed by atoms with Crippen molar-refractivity contribution >= 4 is 32.9 Å². The van der Waals surface area contributed by atoms with Crippen LogP contribution in [0.4, 0.5) is 5.69 Å². The number of alkyl halides is 1. The van der Waals surface area contributed by atoms with Crippen LogP contribution >= 0.6 is 11.6 Å². The zero-order chi connectivity index (χ0) is 13.2. The summed E-state index contributed by atoms with van der Waals surface area (Å²) in [5.41, 5.74) is -0.405. The van der Waals surface area contributed by atoms with Gasteiger partial charge in [0.15, 0.2) is 20.3 Å². The second-order valence-corrected chi connectivity index (χ2v) is 6.14. The first kappa shape index (κ1) is 13.6. The molecule has 1 rings (SSSR count). The Morgan fingerprint density at radius 2 is 2.06 bits per heavy atom. The van der Waals surface area contributed by atoms with E-state index in [2.05, 4.69) is 0 Å². The van der Waals surface area contributed by atoms with Crippen molar-refractivity contribution in [2.24, 2.45) is 0 Å². The van der Waals surface area contributed by atoms with Gasteiger partial charge in [0.2, 0.25) is 0 Å². The highest BCUT2D eigenvalue weighted by atomic mass is 35.5. The van der Waals surface area contributed by atoms with Crippen molar-refractivity contribution in [3.63, 3.8) is 0 Å². The Morgan fingerprint density at radius 1 is 1.47 bits per heavy atom. The summed E-state index contributed by atoms with van der Waals surface area (Å²) in [4.78, 5) is 21.4. The van der Waals surface area contributed by atoms with E-state index in [0.29, 0.717) is 0 Å². The minimum Gasteiger partial charge on any atom is -0.291 e. The lowest BCUT2D eigenvalue weighted by Crippen LogP contribution is -2.23. The maximum absolute atomic E-state index is 11.6. The third-order valence-electron chi connectivity index (χ3n) is 1.92. The average Bonchev–Trinajstić information content (AvgIpc) is 2.26. The highest BCUT2D eigenvalue weighted by molar-refractivity contribution is 7.93. The third kappa shape index (κ3) is 3.24. The molecule has 0 saturated heterocycles. The van der Waals surface area contributed by atoms with E-state index in [1.165, 1.54) is 18.2 Å². The second kappa shape index (κ2) is 4.80. The summed E-state index contributed by atoms with van der Waals surface area (Å²) in [6, 6.07) is 4.75. The van der Waals surface area contributed by atoms with Gasteiger partial charge in [-0.1, -0.05) is 23.7 Å². The molecule has 0 fully saturated rings. The molecule has 1 aromatic carbocycles. The predicted octanol–water partition coefficient (Wildman–Crippen LogP) is 1.39. The Balaban J connectivity index is 3.14. The van der Waals surface area contributed by atoms with Crippen molar-refractivity contribution in [2.45, 2.75) is 4.71 Å². The minimum atomic E-state index is -3.74. The van der Waals surface area contributed by atoms with Gasteiger partial charge in [0.25, 0.3) is 5.69 Å². The summed E-state index contributed by atoms with van der Waals surface area (Å²) in [6.07, 6.45) is 0.819. The lowest BCUT2D eigenvalue weighted by atomic mass is 10.1. The van der Waals surface area contributed by atoms with E-state index >= 15 is 0 Å². The molecule has 0 saturated carbocycles. The first-order valence-corrected chi connectivity index (χ1v) is 6.74. The number of hydrogen-bond donors (Lipinski definition) is 0. The van der Waals surface area contributed by atoms with E-state index in [4.69, 9.17) is 11.6 Å². The van der Waals surface area contributed by atoms with E-state index in [1.54, 1.807) is 0 Å². The molecule has 6 nitrogen and oxygen atoms in total. The van der Waals surface area contributed by atoms with Gasteiger partial charge in [-0.05, 0) is 0 Å². The monoisotopic (exact) mass is 277 g/mol. The number of rotatable bonds is 4. The molecule has 0 aliphatic heterocycles. The molecular weight excluding hydrogens is 270 g/mol. The van der Waals surface area contributed by atoms with Gasteiger partial charge in [0.05, 0.1) is 4.92 Å². The Morgan fingerprint density at radius 3 is 2.53 bits per heavy atom. The Labute approximate surface area is 102 Å². The lowest BCUT2D eigenvalue weighted by Gasteiger charge is -2.05. The first-order chi connectivity index (χ1) is 7.73. The quantitative estimate of drug-likeness (QED) is 0.359. The summed E-state index contributed by atoms with van der Waals surface area (Å²) < 4.78 is 20.4. The van der Waals surface area contributed by atoms with Crippen LogP contribution < -0.4 is 0 Å². The molecule has 8 heteroatoms. The summed E-state index contributed by atoms with van der Waals surface area (Å²) >= 11 is 5.47. The fourth-order valence-corrected chi connectivity index (χ4v) is 1.75. The number of nitro benzene ring substituents is 1. The molecule has 0 spiro atoms. The molecular formula is C9H8ClNO5S. The van der Waals surface area contributed by atoms with Crippen molar-refractivity contribution in [2.75, 3.05) is 6.26 Å². The maximum atomic E-state index is 11.6. The topological polar surface area (TPSA) is 94.3 Å². The number of carbonyl (C=O) groups excluding carboxylic acids is 1. The zero-order valence-electron chi connectivity index (χ0n) is 8.66. The number of halogens is 1. The normalized spacial score (nSPS) is 13.1. The third-order valence-corrected chi connectivity index (χ3v) is 4.06. The molecule has 0 aliphatic rings. The molecule has 0 N–H and O–H groups in total. The summed E-state index contributed by atoms with van der Waals surface area (Å²) in [5, 5.41) is 10.5. The molecule has 0 aliphatic carbocycles. The van der Waals surface area contributed by atoms with Crippen LogP contribution in [0, 0.1) is 10.1 Å². The first-order valence-electron chi connectivity index (χ1n) is 4.35. The number of non-ortho nitro benzene ring substituents is 1. The highest BCUT2D eigenvalue weighted by Crippen LogP contribution is 2.18. The van der Waals surface area contributed by atoms with Gasteiger partial charge in [-0.2, -0.15) is 0 Å². The van der Waals surface area contributed by atoms with Crippen molar-refractivity contribution in [3.05, 3.63) is 39.9 Å². The number of ketones is 1. The van der Waals surface area contributed by atoms with Crippen LogP contribution in [-0.2, 0) is 9.84 Å². The fraction of sp³-hybridized carbons (Fsp3) is 0.222. The van der Waals surface area contributed by atoms with Gasteiger partial charge in [-0.3, -0.25) is 14.9 Å². The van der Waals surface area contributed by atoms with E-state index in [1.807, 2.05) is 0 Å². The Kier molecular flexibility index (Phi) is 3.84. The maximum Gasteiger partial charge on any atom is 0.270 e. The summed E-state index contributed by atoms with van der Waals surface area (Å²) in [6.45, 7) is 0. The SMILES string of the molecule is CS(=O)(=O)[C@@H](Cl)C(=O)c1cccc([N+](=O)[O-])c1. The fourth-order valence-electron chi connectivity index (χ4n) is 1.10. The van der Waals surface area contributed by atoms with Gasteiger partial charge in [-0.25, -0.2) is 8.42 Å². The Hall–Kier alpha value is -1.47. The molecule has 0 aromatic heterocycles. The zero-order valence-corrected chi connectivity index (χ0v) is 10.2. The molecule has 0 unspecified atom stereocenters. The van der Waals surface area contributed by atoms with Crippen LogP contribution in [0.15, 0.2) is 24.3 Å². The van der Waals surface area contributed by atoms with Gasteiger partial charge >= 0.3 is 0 Å². The number of Topliss-reactive ketones (excluding diaryl/α,β-unsaturated/α-hetero) is 1. The summed E-state index contributed by atoms with van der Waals surface area (Å²) in [7, 11) is -3.74. The second-order valence-electron chi connectivity index (χ2n) is 3.32. The van der Waals surface area contributed by atoms with Crippen LogP contribution in [-0.4, -0.2) is 30.1 Å². The Bertz CT molecular complexity index is 569. The number of benzene rings is 1. The highest BCUT2D eigenvalue weighted by Gasteiger charge is 2.27. The van der Waals surface area contributed by atoms with E-state index < -0.39 is 25.3 Å². The number of hydrogen-bond acceptors (Lipinski definition) is 5. The molecule has 0 amide bonds. The van der Waals surface area contributed by atoms with E-state index in [0.717, 1.165) is 12.3 Å². The predicted molar refractivity (Wildman–Crippen MR) is 61.9 cm³/mol. The smallest absolute Gasteiger partial charge is 0.270 e. The summed E-state index contributed by atoms with van der Waals surface area (Å²) in [5.74, 6) is -0.877. The van der Waals surface area contributed by atoms with Gasteiger partial charge in [0, 0.05) is 24.0 Å². The van der Waals surface area contributed by atoms with Crippen molar-refractivity contribution in [1.29, 1.82) is 0 Å². The minimum absolute atomic E-state index is 0.107. The number of carbonyl (C=O) groups is 1. The van der Waals surface area contributed by atoms with Gasteiger partial charge in [-0.15, -0.1) is 0 Å².